The van der Waals surface area contributed by atoms with Crippen molar-refractivity contribution in [3.05, 3.63) is 46.7 Å². The van der Waals surface area contributed by atoms with E-state index in [1.165, 1.54) is 0 Å². The molecule has 3 rings (SSSR count). The Morgan fingerprint density at radius 3 is 2.43 bits per heavy atom. The maximum atomic E-state index is 12.4. The van der Waals surface area contributed by atoms with Crippen molar-refractivity contribution in [2.75, 3.05) is 20.3 Å². The minimum atomic E-state index is -4.04. The third-order valence-corrected chi connectivity index (χ3v) is 7.32. The molecule has 160 valence electrons. The van der Waals surface area contributed by atoms with E-state index in [1.807, 2.05) is 6.92 Å². The van der Waals surface area contributed by atoms with Gasteiger partial charge < -0.3 is 14.0 Å². The zero-order valence-corrected chi connectivity index (χ0v) is 18.4. The Kier molecular flexibility index (Phi) is 6.84. The van der Waals surface area contributed by atoms with Crippen molar-refractivity contribution in [1.29, 1.82) is 0 Å². The highest BCUT2D eigenvalue weighted by Crippen LogP contribution is 2.45. The lowest BCUT2D eigenvalue weighted by Gasteiger charge is -2.10. The topological polar surface area (TPSA) is 122 Å². The summed E-state index contributed by atoms with van der Waals surface area (Å²) in [5, 5.41) is 9.67. The van der Waals surface area contributed by atoms with E-state index in [9.17, 15) is 13.2 Å². The van der Waals surface area contributed by atoms with Gasteiger partial charge in [-0.3, -0.25) is 4.79 Å². The fourth-order valence-corrected chi connectivity index (χ4v) is 5.28. The number of rotatable bonds is 9. The lowest BCUT2D eigenvalue weighted by Crippen LogP contribution is -2.12. The van der Waals surface area contributed by atoms with Crippen molar-refractivity contribution in [2.24, 2.45) is 5.14 Å². The summed E-state index contributed by atoms with van der Waals surface area (Å²) in [4.78, 5) is 11.6. The number of aryl methyl sites for hydroxylation is 1. The maximum absolute atomic E-state index is 12.4. The van der Waals surface area contributed by atoms with E-state index in [1.54, 1.807) is 38.3 Å². The molecule has 2 heterocycles. The molecule has 2 N–H and O–H groups in total. The highest BCUT2D eigenvalue weighted by Gasteiger charge is 2.29. The number of aromatic nitrogens is 1. The number of nitrogens with two attached hydrogens (primary N) is 1. The van der Waals surface area contributed by atoms with Crippen LogP contribution < -0.4 is 5.14 Å². The molecule has 10 heteroatoms. The van der Waals surface area contributed by atoms with E-state index in [0.29, 0.717) is 51.8 Å². The van der Waals surface area contributed by atoms with E-state index in [-0.39, 0.29) is 10.8 Å². The first kappa shape index (κ1) is 22.3. The number of methoxy groups -OCH3 is 1. The first-order valence-electron chi connectivity index (χ1n) is 9.02. The van der Waals surface area contributed by atoms with E-state index >= 15 is 0 Å². The van der Waals surface area contributed by atoms with Crippen molar-refractivity contribution in [3.8, 4) is 21.7 Å². The van der Waals surface area contributed by atoms with Gasteiger partial charge in [0.1, 0.15) is 21.9 Å². The fraction of sp³-hybridized carbons (Fsp3) is 0.300. The molecule has 0 fully saturated rings. The summed E-state index contributed by atoms with van der Waals surface area (Å²) in [6, 6.07) is 6.61. The molecule has 0 amide bonds. The highest BCUT2D eigenvalue weighted by molar-refractivity contribution is 7.91. The monoisotopic (exact) mass is 450 g/mol. The standard InChI is InChI=1S/C20H22N2O6S2/c1-12-13(2)28-22-18(12)19-16(11-27-9-8-26-3)17(20(29-19)30(21,24)25)15-6-4-14(10-23)5-7-15/h4-7,10H,8-9,11H2,1-3H3,(H2,21,24,25). The summed E-state index contributed by atoms with van der Waals surface area (Å²) in [7, 11) is -2.47. The molecule has 30 heavy (non-hydrogen) atoms. The number of nitrogens with zero attached hydrogens (tertiary/aromatic N) is 1. The van der Waals surface area contributed by atoms with Gasteiger partial charge in [-0.25, -0.2) is 13.6 Å². The summed E-state index contributed by atoms with van der Waals surface area (Å²) in [6.45, 7) is 4.49. The molecule has 0 aliphatic rings. The first-order chi connectivity index (χ1) is 14.3. The predicted molar refractivity (Wildman–Crippen MR) is 113 cm³/mol. The Hall–Kier alpha value is -2.37. The van der Waals surface area contributed by atoms with E-state index in [2.05, 4.69) is 5.16 Å². The van der Waals surface area contributed by atoms with Gasteiger partial charge >= 0.3 is 0 Å². The molecule has 8 nitrogen and oxygen atoms in total. The van der Waals surface area contributed by atoms with Gasteiger partial charge in [-0.05, 0) is 19.4 Å². The van der Waals surface area contributed by atoms with Crippen LogP contribution in [0.1, 0.15) is 27.2 Å². The molecule has 2 aromatic heterocycles. The van der Waals surface area contributed by atoms with Gasteiger partial charge in [-0.15, -0.1) is 11.3 Å². The number of thiophene rings is 1. The number of benzene rings is 1. The molecule has 0 saturated heterocycles. The van der Waals surface area contributed by atoms with Crippen LogP contribution in [0, 0.1) is 13.8 Å². The second kappa shape index (κ2) is 9.19. The Morgan fingerprint density at radius 2 is 1.90 bits per heavy atom. The maximum Gasteiger partial charge on any atom is 0.248 e. The Balaban J connectivity index is 2.25. The van der Waals surface area contributed by atoms with Crippen LogP contribution in [0.4, 0.5) is 0 Å². The third kappa shape index (κ3) is 4.52. The zero-order chi connectivity index (χ0) is 21.9. The molecule has 0 atom stereocenters. The summed E-state index contributed by atoms with van der Waals surface area (Å²) in [5.74, 6) is 0.638. The minimum Gasteiger partial charge on any atom is -0.382 e. The van der Waals surface area contributed by atoms with Crippen LogP contribution in [0.25, 0.3) is 21.7 Å². The zero-order valence-electron chi connectivity index (χ0n) is 16.8. The predicted octanol–water partition coefficient (Wildman–Crippen LogP) is 3.31. The van der Waals surface area contributed by atoms with Gasteiger partial charge in [0.25, 0.3) is 0 Å². The number of hydrogen-bond acceptors (Lipinski definition) is 8. The lowest BCUT2D eigenvalue weighted by atomic mass is 10.0. The molecule has 0 bridgehead atoms. The first-order valence-corrected chi connectivity index (χ1v) is 11.4. The number of hydrogen-bond donors (Lipinski definition) is 1. The van der Waals surface area contributed by atoms with Gasteiger partial charge in [0.15, 0.2) is 0 Å². The van der Waals surface area contributed by atoms with Crippen molar-refractivity contribution >= 4 is 27.6 Å². The SMILES string of the molecule is COCCOCc1c(-c2noc(C)c2C)sc(S(N)(=O)=O)c1-c1ccc(C=O)cc1. The van der Waals surface area contributed by atoms with Gasteiger partial charge in [-0.2, -0.15) is 0 Å². The summed E-state index contributed by atoms with van der Waals surface area (Å²) >= 11 is 1.03. The molecular weight excluding hydrogens is 428 g/mol. The third-order valence-electron chi connectivity index (χ3n) is 4.62. The van der Waals surface area contributed by atoms with Crippen molar-refractivity contribution in [2.45, 2.75) is 24.7 Å². The van der Waals surface area contributed by atoms with Crippen LogP contribution in [0.2, 0.25) is 0 Å². The smallest absolute Gasteiger partial charge is 0.248 e. The number of aldehydes is 1. The number of ether oxygens (including phenoxy) is 2. The van der Waals surface area contributed by atoms with Crippen LogP contribution in [0.3, 0.4) is 0 Å². The normalized spacial score (nSPS) is 11.7. The van der Waals surface area contributed by atoms with Crippen LogP contribution in [-0.4, -0.2) is 40.2 Å². The largest absolute Gasteiger partial charge is 0.382 e. The van der Waals surface area contributed by atoms with Gasteiger partial charge in [-0.1, -0.05) is 29.4 Å². The molecule has 0 saturated carbocycles. The summed E-state index contributed by atoms with van der Waals surface area (Å²) in [5.41, 5.74) is 3.51. The number of carbonyl (C=O) groups is 1. The molecule has 0 spiro atoms. The van der Waals surface area contributed by atoms with Crippen molar-refractivity contribution in [1.82, 2.24) is 5.16 Å². The molecule has 1 aromatic carbocycles. The minimum absolute atomic E-state index is 0.00162. The molecule has 0 unspecified atom stereocenters. The van der Waals surface area contributed by atoms with Crippen LogP contribution in [0.15, 0.2) is 33.0 Å². The Morgan fingerprint density at radius 1 is 1.20 bits per heavy atom. The molecule has 0 aliphatic carbocycles. The van der Waals surface area contributed by atoms with E-state index < -0.39 is 10.0 Å². The molecule has 0 aliphatic heterocycles. The lowest BCUT2D eigenvalue weighted by molar-refractivity contribution is 0.0621. The van der Waals surface area contributed by atoms with Gasteiger partial charge in [0.05, 0.1) is 24.7 Å². The van der Waals surface area contributed by atoms with Gasteiger partial charge in [0, 0.05) is 29.4 Å². The second-order valence-electron chi connectivity index (χ2n) is 6.61. The quantitative estimate of drug-likeness (QED) is 0.392. The van der Waals surface area contributed by atoms with Crippen molar-refractivity contribution < 1.29 is 27.2 Å². The molecular formula is C20H22N2O6S2. The van der Waals surface area contributed by atoms with Gasteiger partial charge in [0.2, 0.25) is 10.0 Å². The highest BCUT2D eigenvalue weighted by atomic mass is 32.2. The van der Waals surface area contributed by atoms with Crippen LogP contribution >= 0.6 is 11.3 Å². The fourth-order valence-electron chi connectivity index (χ4n) is 2.94. The van der Waals surface area contributed by atoms with E-state index in [0.717, 1.165) is 23.2 Å². The average molecular weight is 451 g/mol. The Bertz CT molecular complexity index is 1150. The second-order valence-corrected chi connectivity index (χ2v) is 9.39. The van der Waals surface area contributed by atoms with Crippen LogP contribution in [0.5, 0.6) is 0 Å². The molecule has 3 aromatic rings. The molecule has 0 radical (unpaired) electrons. The summed E-state index contributed by atoms with van der Waals surface area (Å²) < 4.78 is 40.9. The van der Waals surface area contributed by atoms with Crippen molar-refractivity contribution in [3.63, 3.8) is 0 Å². The number of carbonyl (C=O) groups excluding carboxylic acids is 1. The van der Waals surface area contributed by atoms with E-state index in [4.69, 9.17) is 19.1 Å². The number of primary sulfonamides is 1. The number of sulfonamides is 1. The average Bonchev–Trinajstić information content (AvgIpc) is 3.25. The summed E-state index contributed by atoms with van der Waals surface area (Å²) in [6.07, 6.45) is 0.722. The van der Waals surface area contributed by atoms with Crippen LogP contribution in [-0.2, 0) is 26.1 Å². The Labute approximate surface area is 178 Å².